The maximum Gasteiger partial charge on any atom is 0.144 e. The maximum absolute atomic E-state index is 5.38. The van der Waals surface area contributed by atoms with Crippen molar-refractivity contribution in [3.8, 4) is 11.4 Å². The van der Waals surface area contributed by atoms with Crippen molar-refractivity contribution >= 4 is 11.3 Å². The lowest BCUT2D eigenvalue weighted by molar-refractivity contribution is 0.411. The smallest absolute Gasteiger partial charge is 0.144 e. The Bertz CT molecular complexity index is 1010. The Labute approximate surface area is 144 Å². The maximum atomic E-state index is 5.38. The normalized spacial score (nSPS) is 11.0. The number of hydrogen-bond acceptors (Lipinski definition) is 6. The van der Waals surface area contributed by atoms with Gasteiger partial charge in [-0.1, -0.05) is 6.07 Å². The van der Waals surface area contributed by atoms with Gasteiger partial charge in [0.25, 0.3) is 0 Å². The van der Waals surface area contributed by atoms with Crippen molar-refractivity contribution in [2.75, 3.05) is 12.4 Å². The molecule has 0 aliphatic heterocycles. The molecule has 0 saturated heterocycles. The lowest BCUT2D eigenvalue weighted by Gasteiger charge is -2.11. The summed E-state index contributed by atoms with van der Waals surface area (Å²) < 4.78 is 9.03. The van der Waals surface area contributed by atoms with Gasteiger partial charge in [0.05, 0.1) is 19.3 Å². The summed E-state index contributed by atoms with van der Waals surface area (Å²) in [6.07, 6.45) is 3.58. The zero-order valence-electron chi connectivity index (χ0n) is 13.9. The molecule has 0 radical (unpaired) electrons. The first-order valence-corrected chi connectivity index (χ1v) is 7.83. The molecule has 126 valence electrons. The zero-order valence-corrected chi connectivity index (χ0v) is 13.9. The molecule has 0 spiro atoms. The molecular weight excluding hydrogens is 318 g/mol. The van der Waals surface area contributed by atoms with Gasteiger partial charge < -0.3 is 14.5 Å². The number of nitrogens with one attached hydrogen (secondary N) is 1. The third kappa shape index (κ3) is 2.89. The third-order valence-corrected chi connectivity index (χ3v) is 3.99. The van der Waals surface area contributed by atoms with Crippen molar-refractivity contribution in [3.05, 3.63) is 60.3 Å². The van der Waals surface area contributed by atoms with Gasteiger partial charge in [0.1, 0.15) is 23.4 Å². The monoisotopic (exact) mass is 335 g/mol. The van der Waals surface area contributed by atoms with E-state index in [0.29, 0.717) is 12.3 Å². The molecular formula is C17H17N7O. The lowest BCUT2D eigenvalue weighted by Crippen LogP contribution is -2.03. The van der Waals surface area contributed by atoms with E-state index >= 15 is 0 Å². The summed E-state index contributed by atoms with van der Waals surface area (Å²) in [7, 11) is 1.62. The molecule has 0 saturated carbocycles. The van der Waals surface area contributed by atoms with Gasteiger partial charge in [-0.3, -0.25) is 0 Å². The van der Waals surface area contributed by atoms with Crippen molar-refractivity contribution in [1.29, 1.82) is 0 Å². The highest BCUT2D eigenvalue weighted by atomic mass is 16.5. The Morgan fingerprint density at radius 2 is 2.12 bits per heavy atom. The summed E-state index contributed by atoms with van der Waals surface area (Å²) in [5.74, 6) is 0.696. The molecule has 8 heteroatoms. The van der Waals surface area contributed by atoms with Crippen LogP contribution in [0.3, 0.4) is 0 Å². The van der Waals surface area contributed by atoms with Crippen LogP contribution in [0.5, 0.6) is 5.75 Å². The van der Waals surface area contributed by atoms with Crippen molar-refractivity contribution in [2.24, 2.45) is 0 Å². The van der Waals surface area contributed by atoms with Gasteiger partial charge in [0.15, 0.2) is 0 Å². The molecule has 0 aliphatic carbocycles. The number of ether oxygens (including phenoxy) is 1. The van der Waals surface area contributed by atoms with Gasteiger partial charge in [-0.2, -0.15) is 4.68 Å². The molecule has 25 heavy (non-hydrogen) atoms. The number of aryl methyl sites for hydroxylation is 1. The Kier molecular flexibility index (Phi) is 3.77. The average molecular weight is 335 g/mol. The number of aromatic nitrogens is 6. The van der Waals surface area contributed by atoms with Crippen molar-refractivity contribution in [1.82, 2.24) is 29.6 Å². The number of benzene rings is 1. The number of hydrogen-bond donors (Lipinski definition) is 1. The van der Waals surface area contributed by atoms with Gasteiger partial charge in [0, 0.05) is 17.6 Å². The highest BCUT2D eigenvalue weighted by Crippen LogP contribution is 2.25. The van der Waals surface area contributed by atoms with Crippen LogP contribution in [0.1, 0.15) is 11.4 Å². The standard InChI is InChI=1S/C17H17N7O/c1-12-4-3-5-17-20-14(10-23(12)17)9-18-13-6-7-16(25-2)15(8-13)24-11-19-21-22-24/h3-8,10-11,18H,9H2,1-2H3. The van der Waals surface area contributed by atoms with E-state index in [2.05, 4.69) is 43.2 Å². The molecule has 3 aromatic heterocycles. The third-order valence-electron chi connectivity index (χ3n) is 3.99. The van der Waals surface area contributed by atoms with Crippen LogP contribution in [0.2, 0.25) is 0 Å². The molecule has 0 aliphatic rings. The molecule has 1 N–H and O–H groups in total. The molecule has 0 unspecified atom stereocenters. The van der Waals surface area contributed by atoms with Crippen LogP contribution in [0.25, 0.3) is 11.3 Å². The molecule has 0 fully saturated rings. The highest BCUT2D eigenvalue weighted by molar-refractivity contribution is 5.58. The minimum absolute atomic E-state index is 0.614. The number of fused-ring (bicyclic) bond motifs is 1. The number of pyridine rings is 1. The van der Waals surface area contributed by atoms with Gasteiger partial charge >= 0.3 is 0 Å². The second-order valence-electron chi connectivity index (χ2n) is 5.62. The van der Waals surface area contributed by atoms with Crippen LogP contribution in [0.4, 0.5) is 5.69 Å². The summed E-state index contributed by atoms with van der Waals surface area (Å²) in [6, 6.07) is 11.8. The van der Waals surface area contributed by atoms with E-state index in [1.54, 1.807) is 11.8 Å². The molecule has 3 heterocycles. The fraction of sp³-hybridized carbons (Fsp3) is 0.176. The highest BCUT2D eigenvalue weighted by Gasteiger charge is 2.09. The van der Waals surface area contributed by atoms with Crippen molar-refractivity contribution in [3.63, 3.8) is 0 Å². The topological polar surface area (TPSA) is 82.2 Å². The SMILES string of the molecule is COc1ccc(NCc2cn3c(C)cccc3n2)cc1-n1cnnn1. The molecule has 8 nitrogen and oxygen atoms in total. The molecule has 4 rings (SSSR count). The van der Waals surface area contributed by atoms with E-state index in [9.17, 15) is 0 Å². The fourth-order valence-electron chi connectivity index (χ4n) is 2.73. The van der Waals surface area contributed by atoms with E-state index in [0.717, 1.165) is 28.4 Å². The Hall–Kier alpha value is -3.42. The Balaban J connectivity index is 1.58. The first-order valence-electron chi connectivity index (χ1n) is 7.83. The van der Waals surface area contributed by atoms with Crippen molar-refractivity contribution in [2.45, 2.75) is 13.5 Å². The van der Waals surface area contributed by atoms with Crippen LogP contribution in [-0.2, 0) is 6.54 Å². The number of rotatable bonds is 5. The summed E-state index contributed by atoms with van der Waals surface area (Å²) in [5, 5.41) is 14.7. The lowest BCUT2D eigenvalue weighted by atomic mass is 10.2. The summed E-state index contributed by atoms with van der Waals surface area (Å²) in [6.45, 7) is 2.68. The first-order chi connectivity index (χ1) is 12.2. The van der Waals surface area contributed by atoms with E-state index in [-0.39, 0.29) is 0 Å². The summed E-state index contributed by atoms with van der Waals surface area (Å²) >= 11 is 0. The number of tetrazole rings is 1. The summed E-state index contributed by atoms with van der Waals surface area (Å²) in [5.41, 5.74) is 4.76. The number of imidazole rings is 1. The van der Waals surface area contributed by atoms with Crippen LogP contribution in [0, 0.1) is 6.92 Å². The van der Waals surface area contributed by atoms with Crippen LogP contribution in [0.15, 0.2) is 48.9 Å². The van der Waals surface area contributed by atoms with Gasteiger partial charge in [-0.15, -0.1) is 5.10 Å². The minimum Gasteiger partial charge on any atom is -0.494 e. The molecule has 1 aromatic carbocycles. The zero-order chi connectivity index (χ0) is 17.2. The van der Waals surface area contributed by atoms with E-state index in [4.69, 9.17) is 4.74 Å². The molecule has 0 bridgehead atoms. The summed E-state index contributed by atoms with van der Waals surface area (Å²) in [4.78, 5) is 4.63. The number of anilines is 1. The Morgan fingerprint density at radius 3 is 2.88 bits per heavy atom. The van der Waals surface area contributed by atoms with E-state index < -0.39 is 0 Å². The first kappa shape index (κ1) is 15.1. The average Bonchev–Trinajstić information content (AvgIpc) is 3.30. The van der Waals surface area contributed by atoms with E-state index in [1.807, 2.05) is 36.5 Å². The van der Waals surface area contributed by atoms with Gasteiger partial charge in [0.2, 0.25) is 0 Å². The quantitative estimate of drug-likeness (QED) is 0.602. The van der Waals surface area contributed by atoms with Crippen LogP contribution >= 0.6 is 0 Å². The molecule has 0 amide bonds. The van der Waals surface area contributed by atoms with Gasteiger partial charge in [-0.05, 0) is 47.7 Å². The predicted octanol–water partition coefficient (Wildman–Crippen LogP) is 2.24. The Morgan fingerprint density at radius 1 is 1.20 bits per heavy atom. The van der Waals surface area contributed by atoms with Gasteiger partial charge in [-0.25, -0.2) is 4.98 Å². The second kappa shape index (κ2) is 6.23. The second-order valence-corrected chi connectivity index (χ2v) is 5.62. The molecule has 0 atom stereocenters. The predicted molar refractivity (Wildman–Crippen MR) is 93.0 cm³/mol. The van der Waals surface area contributed by atoms with Crippen LogP contribution in [-0.4, -0.2) is 36.7 Å². The van der Waals surface area contributed by atoms with E-state index in [1.165, 1.54) is 6.33 Å². The number of nitrogens with zero attached hydrogens (tertiary/aromatic N) is 6. The number of methoxy groups -OCH3 is 1. The van der Waals surface area contributed by atoms with Crippen LogP contribution < -0.4 is 10.1 Å². The fourth-order valence-corrected chi connectivity index (χ4v) is 2.73. The largest absolute Gasteiger partial charge is 0.494 e. The van der Waals surface area contributed by atoms with Crippen molar-refractivity contribution < 1.29 is 4.74 Å². The molecule has 4 aromatic rings. The minimum atomic E-state index is 0.614.